The van der Waals surface area contributed by atoms with E-state index < -0.39 is 21.5 Å². The molecule has 1 aromatic heterocycles. The van der Waals surface area contributed by atoms with Gasteiger partial charge in [-0.15, -0.1) is 0 Å². The summed E-state index contributed by atoms with van der Waals surface area (Å²) in [5, 5.41) is 0.929. The molecule has 0 aliphatic rings. The summed E-state index contributed by atoms with van der Waals surface area (Å²) < 4.78 is 35.6. The number of esters is 1. The Morgan fingerprint density at radius 2 is 2.16 bits per heavy atom. The minimum Gasteiger partial charge on any atom is -0.440 e. The summed E-state index contributed by atoms with van der Waals surface area (Å²) in [6.07, 6.45) is 1.71. The molecule has 6 nitrogen and oxygen atoms in total. The lowest BCUT2D eigenvalue weighted by molar-refractivity contribution is 0.0425. The van der Waals surface area contributed by atoms with Crippen LogP contribution in [0.3, 0.4) is 0 Å². The molecular formula is C12H13NO5S. The van der Waals surface area contributed by atoms with E-state index in [9.17, 15) is 13.2 Å². The van der Waals surface area contributed by atoms with E-state index in [1.807, 2.05) is 6.07 Å². The molecule has 7 heteroatoms. The van der Waals surface area contributed by atoms with E-state index in [1.165, 1.54) is 13.0 Å². The van der Waals surface area contributed by atoms with E-state index in [-0.39, 0.29) is 12.0 Å². The minimum absolute atomic E-state index is 0.0185. The third-order valence-electron chi connectivity index (χ3n) is 2.69. The fourth-order valence-corrected chi connectivity index (χ4v) is 2.35. The molecule has 102 valence electrons. The maximum absolute atomic E-state index is 11.8. The van der Waals surface area contributed by atoms with E-state index in [0.717, 1.165) is 10.9 Å². The van der Waals surface area contributed by atoms with E-state index >= 15 is 0 Å². The van der Waals surface area contributed by atoms with Crippen LogP contribution in [0.2, 0.25) is 0 Å². The molecule has 1 unspecified atom stereocenters. The standard InChI is InChI=1S/C12H13NO5S/c1-2-11(19(15,16)17)18-12(14)9-4-3-8-5-6-13-10(8)7-9/h3-7,11,13H,2H2,1H3,(H,15,16,17). The number of nitrogens with one attached hydrogen (secondary N) is 1. The Balaban J connectivity index is 2.23. The molecule has 1 aromatic carbocycles. The molecule has 0 saturated heterocycles. The van der Waals surface area contributed by atoms with Crippen molar-refractivity contribution in [2.75, 3.05) is 0 Å². The van der Waals surface area contributed by atoms with Crippen molar-refractivity contribution in [3.05, 3.63) is 36.0 Å². The van der Waals surface area contributed by atoms with Crippen LogP contribution in [0.4, 0.5) is 0 Å². The zero-order valence-corrected chi connectivity index (χ0v) is 11.0. The summed E-state index contributed by atoms with van der Waals surface area (Å²) in [4.78, 5) is 14.8. The molecule has 1 atom stereocenters. The molecule has 19 heavy (non-hydrogen) atoms. The van der Waals surface area contributed by atoms with Crippen molar-refractivity contribution in [2.24, 2.45) is 0 Å². The number of carbonyl (C=O) groups excluding carboxylic acids is 1. The van der Waals surface area contributed by atoms with Crippen molar-refractivity contribution >= 4 is 27.0 Å². The molecule has 0 saturated carbocycles. The largest absolute Gasteiger partial charge is 0.440 e. The van der Waals surface area contributed by atoms with Gasteiger partial charge in [-0.3, -0.25) is 4.55 Å². The van der Waals surface area contributed by atoms with Gasteiger partial charge < -0.3 is 9.72 Å². The van der Waals surface area contributed by atoms with Crippen LogP contribution >= 0.6 is 0 Å². The Labute approximate surface area is 110 Å². The fraction of sp³-hybridized carbons (Fsp3) is 0.250. The van der Waals surface area contributed by atoms with Crippen LogP contribution in [0.15, 0.2) is 30.5 Å². The van der Waals surface area contributed by atoms with Crippen LogP contribution < -0.4 is 0 Å². The Kier molecular flexibility index (Phi) is 3.59. The van der Waals surface area contributed by atoms with Gasteiger partial charge in [-0.25, -0.2) is 4.79 Å². The number of ether oxygens (including phenoxy) is 1. The van der Waals surface area contributed by atoms with E-state index in [2.05, 4.69) is 4.98 Å². The first-order valence-electron chi connectivity index (χ1n) is 5.66. The molecule has 0 bridgehead atoms. The lowest BCUT2D eigenvalue weighted by Gasteiger charge is -2.12. The number of hydrogen-bond donors (Lipinski definition) is 2. The highest BCUT2D eigenvalue weighted by molar-refractivity contribution is 7.86. The van der Waals surface area contributed by atoms with Crippen molar-refractivity contribution in [2.45, 2.75) is 18.8 Å². The molecule has 0 fully saturated rings. The molecule has 0 aliphatic carbocycles. The number of H-pyrrole nitrogens is 1. The molecule has 2 aromatic rings. The second-order valence-corrected chi connectivity index (χ2v) is 5.59. The van der Waals surface area contributed by atoms with Gasteiger partial charge in [-0.05, 0) is 30.0 Å². The van der Waals surface area contributed by atoms with Crippen molar-refractivity contribution in [3.63, 3.8) is 0 Å². The third kappa shape index (κ3) is 2.94. The van der Waals surface area contributed by atoms with Gasteiger partial charge in [0.05, 0.1) is 5.56 Å². The molecule has 1 heterocycles. The smallest absolute Gasteiger partial charge is 0.339 e. The maximum atomic E-state index is 11.8. The van der Waals surface area contributed by atoms with Gasteiger partial charge in [0.2, 0.25) is 5.44 Å². The number of rotatable bonds is 4. The SMILES string of the molecule is CCC(OC(=O)c1ccc2cc[nH]c2c1)S(=O)(=O)O. The first-order valence-corrected chi connectivity index (χ1v) is 7.16. The molecular weight excluding hydrogens is 270 g/mol. The average molecular weight is 283 g/mol. The molecule has 0 radical (unpaired) electrons. The van der Waals surface area contributed by atoms with Gasteiger partial charge in [0.25, 0.3) is 0 Å². The van der Waals surface area contributed by atoms with Gasteiger partial charge in [-0.1, -0.05) is 13.0 Å². The molecule has 2 N–H and O–H groups in total. The Bertz CT molecular complexity index is 704. The normalized spacial score (nSPS) is 13.4. The molecule has 0 spiro atoms. The zero-order chi connectivity index (χ0) is 14.0. The van der Waals surface area contributed by atoms with Gasteiger partial charge >= 0.3 is 16.1 Å². The van der Waals surface area contributed by atoms with Gasteiger partial charge in [-0.2, -0.15) is 8.42 Å². The highest BCUT2D eigenvalue weighted by Crippen LogP contribution is 2.16. The first-order chi connectivity index (χ1) is 8.91. The summed E-state index contributed by atoms with van der Waals surface area (Å²) >= 11 is 0. The summed E-state index contributed by atoms with van der Waals surface area (Å²) in [6.45, 7) is 1.50. The Hall–Kier alpha value is -1.86. The summed E-state index contributed by atoms with van der Waals surface area (Å²) in [5.74, 6) is -0.791. The quantitative estimate of drug-likeness (QED) is 0.660. The average Bonchev–Trinajstić information content (AvgIpc) is 2.81. The van der Waals surface area contributed by atoms with Crippen molar-refractivity contribution in [1.29, 1.82) is 0 Å². The van der Waals surface area contributed by atoms with Crippen molar-refractivity contribution in [3.8, 4) is 0 Å². The number of fused-ring (bicyclic) bond motifs is 1. The number of aromatic amines is 1. The summed E-state index contributed by atoms with van der Waals surface area (Å²) in [5.41, 5.74) is -0.578. The summed E-state index contributed by atoms with van der Waals surface area (Å²) in [7, 11) is -4.40. The highest BCUT2D eigenvalue weighted by Gasteiger charge is 2.25. The van der Waals surface area contributed by atoms with Crippen LogP contribution in [-0.4, -0.2) is 29.4 Å². The molecule has 0 aliphatic heterocycles. The molecule has 0 amide bonds. The van der Waals surface area contributed by atoms with E-state index in [1.54, 1.807) is 18.3 Å². The third-order valence-corrected chi connectivity index (χ3v) is 3.79. The van der Waals surface area contributed by atoms with Crippen LogP contribution in [0.25, 0.3) is 10.9 Å². The second kappa shape index (κ2) is 5.02. The van der Waals surface area contributed by atoms with E-state index in [0.29, 0.717) is 0 Å². The lowest BCUT2D eigenvalue weighted by Crippen LogP contribution is -2.26. The first kappa shape index (κ1) is 13.6. The van der Waals surface area contributed by atoms with Crippen LogP contribution in [-0.2, 0) is 14.9 Å². The number of carbonyl (C=O) groups is 1. The highest BCUT2D eigenvalue weighted by atomic mass is 32.2. The topological polar surface area (TPSA) is 96.5 Å². The predicted molar refractivity (Wildman–Crippen MR) is 69.3 cm³/mol. The number of aromatic nitrogens is 1. The summed E-state index contributed by atoms with van der Waals surface area (Å²) in [6, 6.07) is 6.66. The van der Waals surface area contributed by atoms with Crippen LogP contribution in [0.5, 0.6) is 0 Å². The monoisotopic (exact) mass is 283 g/mol. The number of hydrogen-bond acceptors (Lipinski definition) is 4. The van der Waals surface area contributed by atoms with E-state index in [4.69, 9.17) is 9.29 Å². The Morgan fingerprint density at radius 1 is 1.42 bits per heavy atom. The van der Waals surface area contributed by atoms with Gasteiger partial charge in [0.15, 0.2) is 0 Å². The van der Waals surface area contributed by atoms with Gasteiger partial charge in [0.1, 0.15) is 0 Å². The van der Waals surface area contributed by atoms with Gasteiger partial charge in [0, 0.05) is 11.7 Å². The molecule has 2 rings (SSSR count). The fourth-order valence-electron chi connectivity index (χ4n) is 1.72. The minimum atomic E-state index is -4.40. The van der Waals surface area contributed by atoms with Crippen molar-refractivity contribution < 1.29 is 22.5 Å². The maximum Gasteiger partial charge on any atom is 0.339 e. The second-order valence-electron chi connectivity index (χ2n) is 4.04. The predicted octanol–water partition coefficient (Wildman–Crippen LogP) is 1.95. The van der Waals surface area contributed by atoms with Crippen LogP contribution in [0.1, 0.15) is 23.7 Å². The van der Waals surface area contributed by atoms with Crippen molar-refractivity contribution in [1.82, 2.24) is 4.98 Å². The lowest BCUT2D eigenvalue weighted by atomic mass is 10.2. The van der Waals surface area contributed by atoms with Crippen LogP contribution in [0, 0.1) is 0 Å². The zero-order valence-electron chi connectivity index (χ0n) is 10.2. The number of benzene rings is 1. The Morgan fingerprint density at radius 3 is 2.79 bits per heavy atom.